The van der Waals surface area contributed by atoms with Crippen LogP contribution in [0.25, 0.3) is 17.2 Å². The molecule has 1 heterocycles. The maximum atomic E-state index is 12.2. The Morgan fingerprint density at radius 2 is 1.80 bits per heavy atom. The van der Waals surface area contributed by atoms with Crippen molar-refractivity contribution >= 4 is 17.9 Å². The minimum atomic E-state index is -0.404. The van der Waals surface area contributed by atoms with Gasteiger partial charge in [0, 0.05) is 18.7 Å². The molecule has 0 saturated heterocycles. The number of ether oxygens (including phenoxy) is 1. The zero-order chi connectivity index (χ0) is 20.9. The molecule has 0 saturated carbocycles. The Labute approximate surface area is 176 Å². The van der Waals surface area contributed by atoms with E-state index in [1.54, 1.807) is 6.20 Å². The SMILES string of the molecule is Cc1cnc(C=CCCNC(=O)OCC2c3ccccc3-c3ccccc32)c(N)c1. The summed E-state index contributed by atoms with van der Waals surface area (Å²) in [7, 11) is 0. The van der Waals surface area contributed by atoms with Crippen molar-refractivity contribution < 1.29 is 9.53 Å². The minimum absolute atomic E-state index is 0.0682. The molecule has 0 fully saturated rings. The average molecular weight is 399 g/mol. The molecule has 1 amide bonds. The molecule has 30 heavy (non-hydrogen) atoms. The average Bonchev–Trinajstić information content (AvgIpc) is 3.07. The summed E-state index contributed by atoms with van der Waals surface area (Å²) in [6.07, 6.45) is 5.86. The number of nitrogens with one attached hydrogen (secondary N) is 1. The minimum Gasteiger partial charge on any atom is -0.449 e. The van der Waals surface area contributed by atoms with E-state index in [1.165, 1.54) is 22.3 Å². The van der Waals surface area contributed by atoms with Crippen LogP contribution in [0.5, 0.6) is 0 Å². The third-order valence-electron chi connectivity index (χ3n) is 5.29. The van der Waals surface area contributed by atoms with E-state index in [0.29, 0.717) is 25.3 Å². The van der Waals surface area contributed by atoms with Crippen molar-refractivity contribution in [1.29, 1.82) is 0 Å². The maximum Gasteiger partial charge on any atom is 0.407 e. The van der Waals surface area contributed by atoms with E-state index in [9.17, 15) is 4.79 Å². The van der Waals surface area contributed by atoms with Gasteiger partial charge in [0.05, 0.1) is 11.4 Å². The molecule has 5 heteroatoms. The van der Waals surface area contributed by atoms with Gasteiger partial charge in [-0.1, -0.05) is 54.6 Å². The normalized spacial score (nSPS) is 12.6. The Balaban J connectivity index is 1.28. The van der Waals surface area contributed by atoms with Gasteiger partial charge >= 0.3 is 6.09 Å². The second kappa shape index (κ2) is 8.82. The van der Waals surface area contributed by atoms with E-state index in [-0.39, 0.29) is 5.92 Å². The van der Waals surface area contributed by atoms with Crippen LogP contribution in [0.3, 0.4) is 0 Å². The number of hydrogen-bond donors (Lipinski definition) is 2. The number of rotatable bonds is 6. The molecule has 2 aromatic carbocycles. The smallest absolute Gasteiger partial charge is 0.407 e. The van der Waals surface area contributed by atoms with Crippen molar-refractivity contribution in [2.24, 2.45) is 0 Å². The molecule has 1 aliphatic carbocycles. The third-order valence-corrected chi connectivity index (χ3v) is 5.29. The number of aromatic nitrogens is 1. The number of alkyl carbamates (subject to hydrolysis) is 1. The zero-order valence-corrected chi connectivity index (χ0v) is 17.0. The Hall–Kier alpha value is -3.60. The number of nitrogens with zero attached hydrogens (tertiary/aromatic N) is 1. The molecule has 3 aromatic rings. The number of aryl methyl sites for hydroxylation is 1. The Bertz CT molecular complexity index is 1050. The fraction of sp³-hybridized carbons (Fsp3) is 0.200. The van der Waals surface area contributed by atoms with Crippen LogP contribution < -0.4 is 11.1 Å². The monoisotopic (exact) mass is 399 g/mol. The molecule has 0 radical (unpaired) electrons. The summed E-state index contributed by atoms with van der Waals surface area (Å²) in [6, 6.07) is 18.5. The number of pyridine rings is 1. The van der Waals surface area contributed by atoms with Gasteiger partial charge in [0.1, 0.15) is 6.61 Å². The highest BCUT2D eigenvalue weighted by Gasteiger charge is 2.28. The fourth-order valence-electron chi connectivity index (χ4n) is 3.84. The van der Waals surface area contributed by atoms with Crippen LogP contribution in [-0.4, -0.2) is 24.2 Å². The molecule has 4 rings (SSSR count). The Morgan fingerprint density at radius 1 is 1.13 bits per heavy atom. The molecular weight excluding hydrogens is 374 g/mol. The first-order valence-electron chi connectivity index (χ1n) is 10.1. The van der Waals surface area contributed by atoms with E-state index >= 15 is 0 Å². The molecule has 1 aromatic heterocycles. The summed E-state index contributed by atoms with van der Waals surface area (Å²) in [5.41, 5.74) is 13.2. The van der Waals surface area contributed by atoms with Gasteiger partial charge in [-0.05, 0) is 53.3 Å². The van der Waals surface area contributed by atoms with Gasteiger partial charge in [-0.15, -0.1) is 0 Å². The highest BCUT2D eigenvalue weighted by molar-refractivity contribution is 5.79. The summed E-state index contributed by atoms with van der Waals surface area (Å²) in [5, 5.41) is 2.80. The van der Waals surface area contributed by atoms with Gasteiger partial charge in [-0.25, -0.2) is 4.79 Å². The number of benzene rings is 2. The van der Waals surface area contributed by atoms with E-state index < -0.39 is 6.09 Å². The third kappa shape index (κ3) is 4.20. The first kappa shape index (κ1) is 19.7. The number of carbonyl (C=O) groups excluding carboxylic acids is 1. The fourth-order valence-corrected chi connectivity index (χ4v) is 3.84. The van der Waals surface area contributed by atoms with Gasteiger partial charge in [0.15, 0.2) is 0 Å². The predicted molar refractivity (Wildman–Crippen MR) is 120 cm³/mol. The second-order valence-electron chi connectivity index (χ2n) is 7.43. The summed E-state index contributed by atoms with van der Waals surface area (Å²) < 4.78 is 5.53. The lowest BCUT2D eigenvalue weighted by Crippen LogP contribution is -2.26. The molecule has 0 atom stereocenters. The summed E-state index contributed by atoms with van der Waals surface area (Å²) >= 11 is 0. The molecular formula is C25H25N3O2. The Kier molecular flexibility index (Phi) is 5.80. The number of nitrogen functional groups attached to an aromatic ring is 1. The maximum absolute atomic E-state index is 12.2. The highest BCUT2D eigenvalue weighted by atomic mass is 16.5. The first-order valence-corrected chi connectivity index (χ1v) is 10.1. The van der Waals surface area contributed by atoms with Crippen molar-refractivity contribution in [3.63, 3.8) is 0 Å². The summed E-state index contributed by atoms with van der Waals surface area (Å²) in [6.45, 7) is 2.76. The van der Waals surface area contributed by atoms with Crippen LogP contribution in [0.4, 0.5) is 10.5 Å². The topological polar surface area (TPSA) is 77.2 Å². The molecule has 0 aliphatic heterocycles. The molecule has 3 N–H and O–H groups in total. The Morgan fingerprint density at radius 3 is 2.47 bits per heavy atom. The highest BCUT2D eigenvalue weighted by Crippen LogP contribution is 2.44. The molecule has 0 unspecified atom stereocenters. The van der Waals surface area contributed by atoms with Crippen LogP contribution in [0.1, 0.15) is 34.7 Å². The van der Waals surface area contributed by atoms with Gasteiger partial charge in [0.25, 0.3) is 0 Å². The number of fused-ring (bicyclic) bond motifs is 3. The number of anilines is 1. The van der Waals surface area contributed by atoms with Gasteiger partial charge in [-0.3, -0.25) is 4.98 Å². The first-order chi connectivity index (χ1) is 14.6. The lowest BCUT2D eigenvalue weighted by atomic mass is 9.98. The van der Waals surface area contributed by atoms with Crippen molar-refractivity contribution in [2.75, 3.05) is 18.9 Å². The second-order valence-corrected chi connectivity index (χ2v) is 7.43. The largest absolute Gasteiger partial charge is 0.449 e. The molecule has 152 valence electrons. The van der Waals surface area contributed by atoms with Crippen molar-refractivity contribution in [2.45, 2.75) is 19.3 Å². The lowest BCUT2D eigenvalue weighted by Gasteiger charge is -2.14. The molecule has 1 aliphatic rings. The molecule has 0 spiro atoms. The molecule has 0 bridgehead atoms. The van der Waals surface area contributed by atoms with E-state index in [2.05, 4.69) is 34.6 Å². The van der Waals surface area contributed by atoms with Gasteiger partial charge in [0.2, 0.25) is 0 Å². The van der Waals surface area contributed by atoms with Crippen molar-refractivity contribution in [3.05, 3.63) is 89.3 Å². The van der Waals surface area contributed by atoms with Crippen molar-refractivity contribution in [3.8, 4) is 11.1 Å². The van der Waals surface area contributed by atoms with Crippen molar-refractivity contribution in [1.82, 2.24) is 10.3 Å². The van der Waals surface area contributed by atoms with E-state index in [4.69, 9.17) is 10.5 Å². The van der Waals surface area contributed by atoms with Crippen LogP contribution in [-0.2, 0) is 4.74 Å². The number of hydrogen-bond acceptors (Lipinski definition) is 4. The van der Waals surface area contributed by atoms with E-state index in [1.807, 2.05) is 49.4 Å². The van der Waals surface area contributed by atoms with Gasteiger partial charge < -0.3 is 15.8 Å². The number of carbonyl (C=O) groups is 1. The predicted octanol–water partition coefficient (Wildman–Crippen LogP) is 4.91. The van der Waals surface area contributed by atoms with Gasteiger partial charge in [-0.2, -0.15) is 0 Å². The zero-order valence-electron chi connectivity index (χ0n) is 17.0. The number of nitrogens with two attached hydrogens (primary N) is 1. The van der Waals surface area contributed by atoms with Crippen LogP contribution in [0, 0.1) is 6.92 Å². The quantitative estimate of drug-likeness (QED) is 0.577. The standard InChI is InChI=1S/C25H25N3O2/c1-17-14-23(26)24(28-15-17)12-6-7-13-27-25(29)30-16-22-20-10-4-2-8-18(20)19-9-3-5-11-21(19)22/h2-6,8-12,14-15,22H,7,13,16,26H2,1H3,(H,27,29). The lowest BCUT2D eigenvalue weighted by molar-refractivity contribution is 0.143. The molecule has 5 nitrogen and oxygen atoms in total. The summed E-state index contributed by atoms with van der Waals surface area (Å²) in [4.78, 5) is 16.5. The van der Waals surface area contributed by atoms with E-state index in [0.717, 1.165) is 11.3 Å². The number of amides is 1. The van der Waals surface area contributed by atoms with Crippen LogP contribution in [0.2, 0.25) is 0 Å². The summed E-state index contributed by atoms with van der Waals surface area (Å²) in [5.74, 6) is 0.0682. The van der Waals surface area contributed by atoms with Crippen LogP contribution in [0.15, 0.2) is 66.9 Å². The van der Waals surface area contributed by atoms with Crippen LogP contribution >= 0.6 is 0 Å².